The summed E-state index contributed by atoms with van der Waals surface area (Å²) in [5.41, 5.74) is 1.92. The lowest BCUT2D eigenvalue weighted by Gasteiger charge is -2.53. The van der Waals surface area contributed by atoms with Crippen LogP contribution in [0, 0.1) is 47.6 Å². The summed E-state index contributed by atoms with van der Waals surface area (Å²) in [4.78, 5) is 12.2. The highest BCUT2D eigenvalue weighted by molar-refractivity contribution is 6.61. The van der Waals surface area contributed by atoms with Crippen LogP contribution in [0.3, 0.4) is 0 Å². The lowest BCUT2D eigenvalue weighted by atomic mass is 9.43. The topological polar surface area (TPSA) is 37.3 Å². The van der Waals surface area contributed by atoms with Crippen molar-refractivity contribution < 1.29 is 18.7 Å². The van der Waals surface area contributed by atoms with Crippen LogP contribution in [0.15, 0.2) is 34.9 Å². The van der Waals surface area contributed by atoms with E-state index in [2.05, 4.69) is 11.8 Å². The van der Waals surface area contributed by atoms with Gasteiger partial charge >= 0.3 is 0 Å². The second-order valence-corrected chi connectivity index (χ2v) is 11.2. The zero-order chi connectivity index (χ0) is 25.3. The number of ketones is 1. The fourth-order valence-electron chi connectivity index (χ4n) is 7.25. The summed E-state index contributed by atoms with van der Waals surface area (Å²) in [6.45, 7) is 3.45. The molecule has 2 nitrogen and oxygen atoms in total. The summed E-state index contributed by atoms with van der Waals surface area (Å²) >= 11 is 0. The van der Waals surface area contributed by atoms with Crippen molar-refractivity contribution in [2.24, 2.45) is 17.3 Å². The molecule has 5 atom stereocenters. The van der Waals surface area contributed by atoms with Gasteiger partial charge in [-0.1, -0.05) is 23.5 Å². The van der Waals surface area contributed by atoms with E-state index in [0.717, 1.165) is 24.8 Å². The Bertz CT molecular complexity index is 1210. The number of fused-ring (bicyclic) bond motifs is 4. The van der Waals surface area contributed by atoms with Gasteiger partial charge in [-0.15, -0.1) is 5.92 Å². The Hall–Kier alpha value is -2.06. The van der Waals surface area contributed by atoms with Crippen molar-refractivity contribution >= 4 is 29.3 Å². The molecule has 2 fully saturated rings. The van der Waals surface area contributed by atoms with Gasteiger partial charge in [-0.3, -0.25) is 4.79 Å². The molecule has 4 aliphatic carbocycles. The molecule has 35 heavy (non-hydrogen) atoms. The second-order valence-electron chi connectivity index (χ2n) is 11.2. The molecular weight excluding hydrogens is 439 g/mol. The van der Waals surface area contributed by atoms with Crippen molar-refractivity contribution in [2.45, 2.75) is 75.4 Å². The number of rotatable bonds is 1. The first-order valence-corrected chi connectivity index (χ1v) is 12.4. The molecule has 1 aromatic rings. The minimum atomic E-state index is -1.73. The summed E-state index contributed by atoms with van der Waals surface area (Å²) in [5, 5.41) is 10.1. The second kappa shape index (κ2) is 8.24. The molecule has 0 unspecified atom stereocenters. The van der Waals surface area contributed by atoms with Crippen LogP contribution in [0.2, 0.25) is 5.11 Å². The highest BCUT2D eigenvalue weighted by Crippen LogP contribution is 2.66. The van der Waals surface area contributed by atoms with E-state index in [1.54, 1.807) is 6.08 Å². The standard InChI is InChI=1S/C28H27B3F2O2/c1-15-23(32)12-17(13-24(15)33)21-14-26(2)22(7-8-27(26,35)9-10-28(29,30)31)20-5-3-16-11-18(34)4-6-19(16)25(20)21/h11-13,20-22,35H,3-8,14H2,1-2H3/t20-,21+,22-,26-,27+/m0/s1. The third kappa shape index (κ3) is 3.97. The highest BCUT2D eigenvalue weighted by Gasteiger charge is 2.62. The predicted octanol–water partition coefficient (Wildman–Crippen LogP) is 4.49. The van der Waals surface area contributed by atoms with Crippen LogP contribution in [0.1, 0.15) is 68.9 Å². The number of halogens is 2. The Kier molecular flexibility index (Phi) is 5.80. The molecule has 0 heterocycles. The van der Waals surface area contributed by atoms with Gasteiger partial charge in [-0.25, -0.2) is 8.78 Å². The molecule has 2 saturated carbocycles. The fourth-order valence-corrected chi connectivity index (χ4v) is 7.25. The Morgan fingerprint density at radius 1 is 1.11 bits per heavy atom. The van der Waals surface area contributed by atoms with Crippen LogP contribution in [-0.2, 0) is 4.79 Å². The number of carbonyl (C=O) groups excluding carboxylic acids is 1. The maximum atomic E-state index is 14.7. The van der Waals surface area contributed by atoms with Gasteiger partial charge in [-0.05, 0) is 92.2 Å². The lowest BCUT2D eigenvalue weighted by Crippen LogP contribution is -2.51. The average Bonchev–Trinajstić information content (AvgIpc) is 3.05. The molecule has 4 aliphatic rings. The minimum absolute atomic E-state index is 0.0104. The number of carbonyl (C=O) groups is 1. The van der Waals surface area contributed by atoms with Gasteiger partial charge in [0.2, 0.25) is 0 Å². The van der Waals surface area contributed by atoms with E-state index in [4.69, 9.17) is 23.5 Å². The molecule has 5 rings (SSSR count). The summed E-state index contributed by atoms with van der Waals surface area (Å²) in [6, 6.07) is 2.85. The van der Waals surface area contributed by atoms with E-state index in [0.29, 0.717) is 31.2 Å². The van der Waals surface area contributed by atoms with E-state index >= 15 is 0 Å². The largest absolute Gasteiger partial charge is 0.377 e. The molecule has 0 aliphatic heterocycles. The number of hydrogen-bond donors (Lipinski definition) is 1. The fraction of sp³-hybridized carbons (Fsp3) is 0.536. The van der Waals surface area contributed by atoms with E-state index < -0.39 is 27.8 Å². The molecular formula is C28H27B3F2O2. The monoisotopic (exact) mass is 466 g/mol. The maximum Gasteiger partial charge on any atom is 0.156 e. The molecule has 0 spiro atoms. The van der Waals surface area contributed by atoms with E-state index in [-0.39, 0.29) is 29.1 Å². The molecule has 1 N–H and O–H groups in total. The van der Waals surface area contributed by atoms with Gasteiger partial charge in [-0.2, -0.15) is 0 Å². The Balaban J connectivity index is 1.70. The third-order valence-electron chi connectivity index (χ3n) is 9.08. The van der Waals surface area contributed by atoms with E-state index in [1.165, 1.54) is 30.2 Å². The normalized spacial score (nSPS) is 34.4. The Morgan fingerprint density at radius 2 is 1.80 bits per heavy atom. The third-order valence-corrected chi connectivity index (χ3v) is 9.08. The first kappa shape index (κ1) is 24.6. The van der Waals surface area contributed by atoms with Gasteiger partial charge in [0.25, 0.3) is 0 Å². The van der Waals surface area contributed by atoms with Crippen LogP contribution in [0.25, 0.3) is 0 Å². The number of aliphatic hydroxyl groups is 1. The smallest absolute Gasteiger partial charge is 0.156 e. The van der Waals surface area contributed by atoms with Crippen molar-refractivity contribution in [3.63, 3.8) is 0 Å². The average molecular weight is 466 g/mol. The highest BCUT2D eigenvalue weighted by atomic mass is 19.1. The van der Waals surface area contributed by atoms with Gasteiger partial charge in [0.15, 0.2) is 5.78 Å². The van der Waals surface area contributed by atoms with Crippen LogP contribution in [-0.4, -0.2) is 40.0 Å². The molecule has 174 valence electrons. The zero-order valence-corrected chi connectivity index (χ0v) is 20.3. The van der Waals surface area contributed by atoms with E-state index in [9.17, 15) is 18.7 Å². The van der Waals surface area contributed by atoms with Crippen molar-refractivity contribution in [1.29, 1.82) is 0 Å². The van der Waals surface area contributed by atoms with Crippen molar-refractivity contribution in [3.8, 4) is 11.8 Å². The summed E-state index contributed by atoms with van der Waals surface area (Å²) in [6.07, 6.45) is 6.13. The minimum Gasteiger partial charge on any atom is -0.377 e. The molecule has 1 aromatic carbocycles. The quantitative estimate of drug-likeness (QED) is 0.490. The molecule has 0 saturated heterocycles. The van der Waals surface area contributed by atoms with Crippen molar-refractivity contribution in [3.05, 3.63) is 57.7 Å². The van der Waals surface area contributed by atoms with Gasteiger partial charge in [0.05, 0.1) is 23.5 Å². The number of benzene rings is 1. The first-order chi connectivity index (χ1) is 16.3. The first-order valence-electron chi connectivity index (χ1n) is 12.4. The zero-order valence-electron chi connectivity index (χ0n) is 20.3. The molecule has 0 amide bonds. The molecule has 6 radical (unpaired) electrons. The maximum absolute atomic E-state index is 14.7. The van der Waals surface area contributed by atoms with E-state index in [1.807, 2.05) is 6.92 Å². The summed E-state index contributed by atoms with van der Waals surface area (Å²) < 4.78 is 29.5. The van der Waals surface area contributed by atoms with Crippen molar-refractivity contribution in [1.82, 2.24) is 0 Å². The van der Waals surface area contributed by atoms with Crippen LogP contribution >= 0.6 is 0 Å². The van der Waals surface area contributed by atoms with Crippen molar-refractivity contribution in [2.75, 3.05) is 0 Å². The summed E-state index contributed by atoms with van der Waals surface area (Å²) in [5.74, 6) is 4.44. The SMILES string of the molecule is [B]C([B])([B])C#C[C@]1(O)CC[C@H]2[C@@H]3CCC4=CC(=O)CCC4=C3[C@@H](c3cc(F)c(C)c(F)c3)C[C@@]21C. The van der Waals surface area contributed by atoms with Gasteiger partial charge < -0.3 is 5.11 Å². The molecule has 0 aromatic heterocycles. The summed E-state index contributed by atoms with van der Waals surface area (Å²) in [7, 11) is 17.1. The number of allylic oxidation sites excluding steroid dienone is 4. The molecule has 7 heteroatoms. The van der Waals surface area contributed by atoms with Gasteiger partial charge in [0.1, 0.15) is 17.2 Å². The Labute approximate surface area is 210 Å². The predicted molar refractivity (Wildman–Crippen MR) is 134 cm³/mol. The van der Waals surface area contributed by atoms with Gasteiger partial charge in [0, 0.05) is 23.3 Å². The molecule has 0 bridgehead atoms. The Morgan fingerprint density at radius 3 is 2.46 bits per heavy atom. The van der Waals surface area contributed by atoms with Crippen LogP contribution < -0.4 is 0 Å². The van der Waals surface area contributed by atoms with Crippen LogP contribution in [0.5, 0.6) is 0 Å². The lowest BCUT2D eigenvalue weighted by molar-refractivity contribution is -0.114. The number of hydrogen-bond acceptors (Lipinski definition) is 2. The van der Waals surface area contributed by atoms with Crippen LogP contribution in [0.4, 0.5) is 8.78 Å².